The van der Waals surface area contributed by atoms with Crippen molar-refractivity contribution in [2.24, 2.45) is 0 Å². The predicted octanol–water partition coefficient (Wildman–Crippen LogP) is 5.57. The fourth-order valence-corrected chi connectivity index (χ4v) is 4.23. The normalized spacial score (nSPS) is 17.0. The summed E-state index contributed by atoms with van der Waals surface area (Å²) in [6, 6.07) is 18.7. The molecule has 0 bridgehead atoms. The van der Waals surface area contributed by atoms with Crippen LogP contribution in [0.15, 0.2) is 78.4 Å². The lowest BCUT2D eigenvalue weighted by Crippen LogP contribution is -2.29. The topological polar surface area (TPSA) is 110 Å². The third-order valence-electron chi connectivity index (χ3n) is 5.97. The van der Waals surface area contributed by atoms with E-state index in [-0.39, 0.29) is 22.9 Å². The Hall–Kier alpha value is -4.46. The minimum atomic E-state index is -0.924. The molecule has 0 spiro atoms. The lowest BCUT2D eigenvalue weighted by Gasteiger charge is -2.26. The van der Waals surface area contributed by atoms with Crippen LogP contribution in [-0.4, -0.2) is 27.8 Å². The largest absolute Gasteiger partial charge is 0.507 e. The molecule has 184 valence electrons. The number of ketones is 1. The van der Waals surface area contributed by atoms with E-state index in [4.69, 9.17) is 4.74 Å². The number of aliphatic hydroxyl groups excluding tert-OH is 1. The molecule has 3 aromatic rings. The van der Waals surface area contributed by atoms with Gasteiger partial charge in [-0.15, -0.1) is 0 Å². The Labute approximate surface area is 208 Å². The Morgan fingerprint density at radius 2 is 1.72 bits per heavy atom. The van der Waals surface area contributed by atoms with Crippen molar-refractivity contribution in [3.05, 3.63) is 105 Å². The number of nitro groups is 1. The Bertz CT molecular complexity index is 1340. The summed E-state index contributed by atoms with van der Waals surface area (Å²) in [5.41, 5.74) is 1.87. The second-order valence-electron chi connectivity index (χ2n) is 8.73. The number of ether oxygens (including phenoxy) is 1. The quantitative estimate of drug-likeness (QED) is 0.154. The van der Waals surface area contributed by atoms with Crippen molar-refractivity contribution in [1.29, 1.82) is 0 Å². The van der Waals surface area contributed by atoms with E-state index >= 15 is 0 Å². The first kappa shape index (κ1) is 24.7. The molecular formula is C28H26N2O6. The molecule has 1 atom stereocenters. The molecule has 1 saturated heterocycles. The molecule has 1 heterocycles. The van der Waals surface area contributed by atoms with Crippen LogP contribution in [0.2, 0.25) is 0 Å². The van der Waals surface area contributed by atoms with Gasteiger partial charge in [-0.05, 0) is 55.7 Å². The van der Waals surface area contributed by atoms with Crippen molar-refractivity contribution in [1.82, 2.24) is 0 Å². The van der Waals surface area contributed by atoms with Gasteiger partial charge in [0, 0.05) is 23.4 Å². The molecule has 1 aliphatic rings. The van der Waals surface area contributed by atoms with E-state index < -0.39 is 28.4 Å². The van der Waals surface area contributed by atoms with E-state index in [1.54, 1.807) is 24.3 Å². The van der Waals surface area contributed by atoms with Gasteiger partial charge in [0.05, 0.1) is 22.6 Å². The maximum atomic E-state index is 13.3. The highest BCUT2D eigenvalue weighted by atomic mass is 16.6. The van der Waals surface area contributed by atoms with E-state index in [1.807, 2.05) is 45.0 Å². The summed E-state index contributed by atoms with van der Waals surface area (Å²) in [5.74, 6) is -1.52. The number of hydrogen-bond acceptors (Lipinski definition) is 6. The van der Waals surface area contributed by atoms with Gasteiger partial charge in [-0.25, -0.2) is 0 Å². The summed E-state index contributed by atoms with van der Waals surface area (Å²) >= 11 is 0. The number of aryl methyl sites for hydroxylation is 1. The summed E-state index contributed by atoms with van der Waals surface area (Å²) in [6.45, 7) is 5.82. The maximum Gasteiger partial charge on any atom is 0.300 e. The molecule has 1 aliphatic heterocycles. The number of nitrogens with zero attached hydrogens (tertiary/aromatic N) is 2. The summed E-state index contributed by atoms with van der Waals surface area (Å²) < 4.78 is 5.69. The van der Waals surface area contributed by atoms with Crippen LogP contribution in [0.4, 0.5) is 11.4 Å². The van der Waals surface area contributed by atoms with Crippen LogP contribution in [0.5, 0.6) is 5.75 Å². The van der Waals surface area contributed by atoms with Crippen LogP contribution in [0.25, 0.3) is 5.76 Å². The van der Waals surface area contributed by atoms with Crippen LogP contribution in [0.1, 0.15) is 43.5 Å². The molecule has 0 saturated carbocycles. The van der Waals surface area contributed by atoms with Crippen LogP contribution in [0.3, 0.4) is 0 Å². The molecule has 8 heteroatoms. The maximum absolute atomic E-state index is 13.3. The Morgan fingerprint density at radius 1 is 1.06 bits per heavy atom. The standard InChI is InChI=1S/C28H26N2O6/c1-4-18-8-10-19(11-9-18)25-24(26(31)20-6-5-7-22(16-20)30(34)35)27(32)28(33)29(25)21-12-14-23(15-13-21)36-17(2)3/h5-17,25,31H,4H2,1-3H3/b26-24-. The SMILES string of the molecule is CCc1ccc(C2/C(=C(/O)c3cccc([N+](=O)[O-])c3)C(=O)C(=O)N2c2ccc(OC(C)C)cc2)cc1. The summed E-state index contributed by atoms with van der Waals surface area (Å²) in [4.78, 5) is 38.6. The number of amides is 1. The van der Waals surface area contributed by atoms with Gasteiger partial charge in [-0.3, -0.25) is 24.6 Å². The van der Waals surface area contributed by atoms with E-state index in [2.05, 4.69) is 0 Å². The highest BCUT2D eigenvalue weighted by Crippen LogP contribution is 2.42. The third kappa shape index (κ3) is 4.70. The molecule has 1 N–H and O–H groups in total. The van der Waals surface area contributed by atoms with Crippen LogP contribution in [-0.2, 0) is 16.0 Å². The number of benzene rings is 3. The molecule has 8 nitrogen and oxygen atoms in total. The molecule has 3 aromatic carbocycles. The summed E-state index contributed by atoms with van der Waals surface area (Å²) in [6.07, 6.45) is 0.781. The van der Waals surface area contributed by atoms with Gasteiger partial charge >= 0.3 is 0 Å². The highest BCUT2D eigenvalue weighted by molar-refractivity contribution is 6.51. The minimum Gasteiger partial charge on any atom is -0.507 e. The first-order valence-corrected chi connectivity index (χ1v) is 11.6. The van der Waals surface area contributed by atoms with Gasteiger partial charge < -0.3 is 9.84 Å². The zero-order valence-electron chi connectivity index (χ0n) is 20.2. The number of non-ortho nitro benzene ring substituents is 1. The summed E-state index contributed by atoms with van der Waals surface area (Å²) in [5, 5.41) is 22.5. The number of anilines is 1. The Balaban J connectivity index is 1.88. The number of rotatable bonds is 7. The average molecular weight is 487 g/mol. The van der Waals surface area contributed by atoms with E-state index in [0.29, 0.717) is 17.0 Å². The second kappa shape index (κ2) is 10.0. The Morgan fingerprint density at radius 3 is 2.31 bits per heavy atom. The molecule has 36 heavy (non-hydrogen) atoms. The van der Waals surface area contributed by atoms with Crippen molar-refractivity contribution >= 4 is 28.8 Å². The smallest absolute Gasteiger partial charge is 0.300 e. The number of aliphatic hydroxyl groups is 1. The number of nitro benzene ring substituents is 1. The lowest BCUT2D eigenvalue weighted by molar-refractivity contribution is -0.384. The van der Waals surface area contributed by atoms with Crippen molar-refractivity contribution in [3.63, 3.8) is 0 Å². The van der Waals surface area contributed by atoms with Gasteiger partial charge in [0.15, 0.2) is 0 Å². The molecule has 1 unspecified atom stereocenters. The van der Waals surface area contributed by atoms with Crippen molar-refractivity contribution in [2.45, 2.75) is 39.3 Å². The van der Waals surface area contributed by atoms with Crippen LogP contribution < -0.4 is 9.64 Å². The molecule has 0 radical (unpaired) electrons. The third-order valence-corrected chi connectivity index (χ3v) is 5.97. The van der Waals surface area contributed by atoms with Gasteiger partial charge in [0.2, 0.25) is 0 Å². The summed E-state index contributed by atoms with van der Waals surface area (Å²) in [7, 11) is 0. The molecule has 1 amide bonds. The van der Waals surface area contributed by atoms with Gasteiger partial charge in [-0.2, -0.15) is 0 Å². The fraction of sp³-hybridized carbons (Fsp3) is 0.214. The van der Waals surface area contributed by atoms with E-state index in [1.165, 1.54) is 29.2 Å². The van der Waals surface area contributed by atoms with Crippen LogP contribution in [0, 0.1) is 10.1 Å². The van der Waals surface area contributed by atoms with Gasteiger partial charge in [0.1, 0.15) is 11.5 Å². The number of Topliss-reactive ketones (excluding diaryl/α,β-unsaturated/α-hetero) is 1. The average Bonchev–Trinajstić information content (AvgIpc) is 3.14. The number of hydrogen-bond donors (Lipinski definition) is 1. The van der Waals surface area contributed by atoms with Crippen molar-refractivity contribution in [3.8, 4) is 5.75 Å². The minimum absolute atomic E-state index is 0.0305. The zero-order chi connectivity index (χ0) is 26.0. The molecule has 0 aromatic heterocycles. The first-order valence-electron chi connectivity index (χ1n) is 11.6. The number of carbonyl (C=O) groups is 2. The molecule has 1 fully saturated rings. The molecular weight excluding hydrogens is 460 g/mol. The monoisotopic (exact) mass is 486 g/mol. The van der Waals surface area contributed by atoms with E-state index in [9.17, 15) is 24.8 Å². The second-order valence-corrected chi connectivity index (χ2v) is 8.73. The van der Waals surface area contributed by atoms with Gasteiger partial charge in [-0.1, -0.05) is 43.3 Å². The lowest BCUT2D eigenvalue weighted by atomic mass is 9.94. The highest BCUT2D eigenvalue weighted by Gasteiger charge is 2.47. The predicted molar refractivity (Wildman–Crippen MR) is 136 cm³/mol. The molecule has 4 rings (SSSR count). The zero-order valence-corrected chi connectivity index (χ0v) is 20.2. The number of carbonyl (C=O) groups excluding carboxylic acids is 2. The molecule has 0 aliphatic carbocycles. The van der Waals surface area contributed by atoms with Gasteiger partial charge in [0.25, 0.3) is 17.4 Å². The fourth-order valence-electron chi connectivity index (χ4n) is 4.23. The van der Waals surface area contributed by atoms with Crippen molar-refractivity contribution < 1.29 is 24.4 Å². The Kier molecular flexibility index (Phi) is 6.87. The van der Waals surface area contributed by atoms with Crippen molar-refractivity contribution in [2.75, 3.05) is 4.90 Å². The first-order chi connectivity index (χ1) is 17.2. The van der Waals surface area contributed by atoms with Crippen LogP contribution >= 0.6 is 0 Å². The van der Waals surface area contributed by atoms with E-state index in [0.717, 1.165) is 12.0 Å².